The fourth-order valence-corrected chi connectivity index (χ4v) is 5.31. The molecule has 0 spiro atoms. The van der Waals surface area contributed by atoms with Crippen molar-refractivity contribution < 1.29 is 19.0 Å². The molecule has 2 fully saturated rings. The molecule has 8 heteroatoms. The minimum atomic E-state index is -0.561. The number of hydrogen-bond donors (Lipinski definition) is 2. The Morgan fingerprint density at radius 1 is 0.618 bits per heavy atom. The van der Waals surface area contributed by atoms with Gasteiger partial charge in [-0.15, -0.1) is 0 Å². The molecule has 3 aromatic rings. The lowest BCUT2D eigenvalue weighted by Gasteiger charge is -2.21. The summed E-state index contributed by atoms with van der Waals surface area (Å²) in [5, 5.41) is 20.9. The molecule has 2 aliphatic carbocycles. The zero-order valence-electron chi connectivity index (χ0n) is 19.0. The van der Waals surface area contributed by atoms with E-state index < -0.39 is 11.3 Å². The maximum Gasteiger partial charge on any atom is 0.346 e. The lowest BCUT2D eigenvalue weighted by atomic mass is 9.85. The second kappa shape index (κ2) is 9.44. The van der Waals surface area contributed by atoms with E-state index in [-0.39, 0.29) is 46.5 Å². The second-order valence-electron chi connectivity index (χ2n) is 9.33. The predicted molar refractivity (Wildman–Crippen MR) is 125 cm³/mol. The molecule has 8 nitrogen and oxygen atoms in total. The molecule has 2 saturated carbocycles. The number of nitrogens with zero attached hydrogens (tertiary/aromatic N) is 2. The molecule has 34 heavy (non-hydrogen) atoms. The molecular formula is C26H28N2O6. The molecule has 0 unspecified atom stereocenters. The maximum atomic E-state index is 12.6. The van der Waals surface area contributed by atoms with Crippen molar-refractivity contribution in [2.75, 3.05) is 0 Å². The van der Waals surface area contributed by atoms with Gasteiger partial charge in [-0.25, -0.2) is 9.59 Å². The third kappa shape index (κ3) is 4.36. The molecule has 1 aromatic carbocycles. The van der Waals surface area contributed by atoms with Crippen LogP contribution < -0.4 is 11.3 Å². The van der Waals surface area contributed by atoms with E-state index in [1.807, 2.05) is 0 Å². The van der Waals surface area contributed by atoms with E-state index in [0.717, 1.165) is 64.2 Å². The van der Waals surface area contributed by atoms with Crippen LogP contribution in [-0.2, 0) is 0 Å². The molecule has 5 rings (SSSR count). The highest BCUT2D eigenvalue weighted by atomic mass is 16.4. The van der Waals surface area contributed by atoms with Crippen LogP contribution in [0.3, 0.4) is 0 Å². The van der Waals surface area contributed by atoms with Crippen LogP contribution >= 0.6 is 0 Å². The Balaban J connectivity index is 1.41. The van der Waals surface area contributed by atoms with Crippen molar-refractivity contribution in [3.05, 3.63) is 56.2 Å². The van der Waals surface area contributed by atoms with Crippen LogP contribution in [0.15, 0.2) is 42.7 Å². The summed E-state index contributed by atoms with van der Waals surface area (Å²) in [7, 11) is 0. The average Bonchev–Trinajstić information content (AvgIpc) is 2.84. The van der Waals surface area contributed by atoms with E-state index in [1.165, 1.54) is 0 Å². The fourth-order valence-electron chi connectivity index (χ4n) is 5.31. The van der Waals surface area contributed by atoms with Gasteiger partial charge in [-0.3, -0.25) is 0 Å². The third-order valence-electron chi connectivity index (χ3n) is 7.12. The summed E-state index contributed by atoms with van der Waals surface area (Å²) in [4.78, 5) is 33.5. The molecule has 2 aliphatic rings. The number of aromatic hydroxyl groups is 2. The Bertz CT molecular complexity index is 1180. The van der Waals surface area contributed by atoms with Gasteiger partial charge < -0.3 is 19.0 Å². The molecule has 0 aliphatic heterocycles. The van der Waals surface area contributed by atoms with Crippen LogP contribution in [0.25, 0.3) is 22.9 Å². The summed E-state index contributed by atoms with van der Waals surface area (Å²) < 4.78 is 10.9. The Kier molecular flexibility index (Phi) is 6.22. The van der Waals surface area contributed by atoms with E-state index in [1.54, 1.807) is 24.3 Å². The molecule has 178 valence electrons. The summed E-state index contributed by atoms with van der Waals surface area (Å²) in [6.45, 7) is 0. The van der Waals surface area contributed by atoms with E-state index in [4.69, 9.17) is 8.83 Å². The lowest BCUT2D eigenvalue weighted by Crippen LogP contribution is -2.17. The first-order valence-corrected chi connectivity index (χ1v) is 12.1. The topological polar surface area (TPSA) is 127 Å². The van der Waals surface area contributed by atoms with Gasteiger partial charge in [0, 0.05) is 11.1 Å². The van der Waals surface area contributed by atoms with Gasteiger partial charge >= 0.3 is 11.3 Å². The van der Waals surface area contributed by atoms with Crippen molar-refractivity contribution in [1.82, 2.24) is 9.97 Å². The molecule has 2 aromatic heterocycles. The zero-order chi connectivity index (χ0) is 23.7. The van der Waals surface area contributed by atoms with Gasteiger partial charge in [0.15, 0.2) is 0 Å². The third-order valence-corrected chi connectivity index (χ3v) is 7.12. The first kappa shape index (κ1) is 22.4. The molecule has 2 heterocycles. The summed E-state index contributed by atoms with van der Waals surface area (Å²) >= 11 is 0. The highest BCUT2D eigenvalue weighted by Gasteiger charge is 2.26. The second-order valence-corrected chi connectivity index (χ2v) is 9.33. The van der Waals surface area contributed by atoms with Crippen molar-refractivity contribution in [1.29, 1.82) is 0 Å². The Hall–Kier alpha value is -3.42. The van der Waals surface area contributed by atoms with Crippen molar-refractivity contribution in [2.45, 2.75) is 76.0 Å². The minimum Gasteiger partial charge on any atom is -0.493 e. The quantitative estimate of drug-likeness (QED) is 0.538. The molecule has 0 bridgehead atoms. The minimum absolute atomic E-state index is 0.0125. The molecule has 0 amide bonds. The van der Waals surface area contributed by atoms with Crippen LogP contribution in [0.5, 0.6) is 11.8 Å². The maximum absolute atomic E-state index is 12.6. The average molecular weight is 465 g/mol. The summed E-state index contributed by atoms with van der Waals surface area (Å²) in [5.41, 5.74) is 0.372. The Labute approximate surface area is 196 Å². The molecule has 0 radical (unpaired) electrons. The molecule has 2 N–H and O–H groups in total. The highest BCUT2D eigenvalue weighted by molar-refractivity contribution is 5.62. The van der Waals surface area contributed by atoms with Crippen LogP contribution in [0, 0.1) is 0 Å². The van der Waals surface area contributed by atoms with Gasteiger partial charge in [0.1, 0.15) is 11.1 Å². The number of rotatable bonds is 4. The van der Waals surface area contributed by atoms with E-state index in [0.29, 0.717) is 11.1 Å². The smallest absolute Gasteiger partial charge is 0.346 e. The van der Waals surface area contributed by atoms with E-state index in [9.17, 15) is 19.8 Å². The van der Waals surface area contributed by atoms with Crippen LogP contribution in [0.4, 0.5) is 0 Å². The first-order chi connectivity index (χ1) is 16.5. The summed E-state index contributed by atoms with van der Waals surface area (Å²) in [5.74, 6) is -0.576. The van der Waals surface area contributed by atoms with Gasteiger partial charge in [-0.1, -0.05) is 38.5 Å². The Morgan fingerprint density at radius 2 is 0.971 bits per heavy atom. The van der Waals surface area contributed by atoms with Crippen molar-refractivity contribution >= 4 is 0 Å². The van der Waals surface area contributed by atoms with Gasteiger partial charge in [0.05, 0.1) is 0 Å². The number of benzene rings is 1. The molecule has 0 atom stereocenters. The lowest BCUT2D eigenvalue weighted by molar-refractivity contribution is 0.370. The normalized spacial score (nSPS) is 17.6. The van der Waals surface area contributed by atoms with Crippen LogP contribution in [-0.4, -0.2) is 20.2 Å². The van der Waals surface area contributed by atoms with Gasteiger partial charge in [-0.2, -0.15) is 9.97 Å². The summed E-state index contributed by atoms with van der Waals surface area (Å²) in [6.07, 6.45) is 9.74. The van der Waals surface area contributed by atoms with Crippen LogP contribution in [0.1, 0.15) is 87.2 Å². The number of aromatic nitrogens is 2. The van der Waals surface area contributed by atoms with Crippen molar-refractivity contribution in [3.63, 3.8) is 0 Å². The fraction of sp³-hybridized carbons (Fsp3) is 0.462. The van der Waals surface area contributed by atoms with Gasteiger partial charge in [0.2, 0.25) is 23.5 Å². The van der Waals surface area contributed by atoms with Gasteiger partial charge in [0.25, 0.3) is 0 Å². The van der Waals surface area contributed by atoms with Crippen LogP contribution in [0.2, 0.25) is 0 Å². The molecular weight excluding hydrogens is 436 g/mol. The number of hydrogen-bond acceptors (Lipinski definition) is 8. The standard InChI is InChI=1S/C26H28N2O6/c29-21-19(15-7-3-1-4-8-15)25(31)33-23(27-21)17-11-13-18(14-12-17)24-28-22(30)20(26(32)34-24)16-9-5-2-6-10-16/h11-16,29-30H,1-10H2. The van der Waals surface area contributed by atoms with Crippen molar-refractivity contribution in [2.24, 2.45) is 0 Å². The van der Waals surface area contributed by atoms with Gasteiger partial charge in [-0.05, 0) is 61.8 Å². The summed E-state index contributed by atoms with van der Waals surface area (Å²) in [6, 6.07) is 6.53. The van der Waals surface area contributed by atoms with E-state index in [2.05, 4.69) is 9.97 Å². The zero-order valence-corrected chi connectivity index (χ0v) is 19.0. The Morgan fingerprint density at radius 3 is 1.29 bits per heavy atom. The SMILES string of the molecule is O=c1oc(-c2ccc(-c3nc(O)c(C4CCCCC4)c(=O)o3)cc2)nc(O)c1C1CCCCC1. The highest BCUT2D eigenvalue weighted by Crippen LogP contribution is 2.36. The largest absolute Gasteiger partial charge is 0.493 e. The first-order valence-electron chi connectivity index (χ1n) is 12.1. The monoisotopic (exact) mass is 464 g/mol. The van der Waals surface area contributed by atoms with Crippen molar-refractivity contribution in [3.8, 4) is 34.7 Å². The molecule has 0 saturated heterocycles. The van der Waals surface area contributed by atoms with E-state index >= 15 is 0 Å². The predicted octanol–water partition coefficient (Wildman–Crippen LogP) is 5.22.